The highest BCUT2D eigenvalue weighted by Gasteiger charge is 2.05. The molecule has 2 rings (SSSR count). The van der Waals surface area contributed by atoms with Gasteiger partial charge in [-0.1, -0.05) is 12.1 Å². The Balaban J connectivity index is 1.84. The van der Waals surface area contributed by atoms with Gasteiger partial charge in [0.1, 0.15) is 11.4 Å². The number of amides is 1. The standard InChI is InChI=1S/C13H13N3O2/c17-11-3-1-2-10(8-11)4-5-16-13(18)12-9-14-6-7-15-12/h1-3,6-9,17H,4-5H2,(H,16,18). The number of nitrogens with zero attached hydrogens (tertiary/aromatic N) is 2. The van der Waals surface area contributed by atoms with Gasteiger partial charge in [0.2, 0.25) is 0 Å². The third-order valence-electron chi connectivity index (χ3n) is 2.41. The van der Waals surface area contributed by atoms with Gasteiger partial charge in [-0.2, -0.15) is 0 Å². The van der Waals surface area contributed by atoms with E-state index >= 15 is 0 Å². The van der Waals surface area contributed by atoms with E-state index in [-0.39, 0.29) is 11.7 Å². The van der Waals surface area contributed by atoms with Crippen LogP contribution in [0.15, 0.2) is 42.9 Å². The van der Waals surface area contributed by atoms with Crippen LogP contribution in [-0.2, 0) is 6.42 Å². The molecule has 0 saturated carbocycles. The number of rotatable bonds is 4. The van der Waals surface area contributed by atoms with Crippen molar-refractivity contribution in [3.8, 4) is 5.75 Å². The second-order valence-electron chi connectivity index (χ2n) is 3.77. The molecule has 0 aliphatic rings. The molecule has 5 nitrogen and oxygen atoms in total. The average Bonchev–Trinajstić information content (AvgIpc) is 2.40. The molecule has 0 unspecified atom stereocenters. The second kappa shape index (κ2) is 5.77. The molecular formula is C13H13N3O2. The number of carbonyl (C=O) groups is 1. The van der Waals surface area contributed by atoms with E-state index in [0.29, 0.717) is 18.7 Å². The number of aromatic hydroxyl groups is 1. The molecule has 0 spiro atoms. The van der Waals surface area contributed by atoms with Gasteiger partial charge in [0.05, 0.1) is 6.20 Å². The van der Waals surface area contributed by atoms with Gasteiger partial charge in [0.25, 0.3) is 5.91 Å². The Kier molecular flexibility index (Phi) is 3.86. The van der Waals surface area contributed by atoms with E-state index in [0.717, 1.165) is 5.56 Å². The lowest BCUT2D eigenvalue weighted by Crippen LogP contribution is -2.26. The molecule has 5 heteroatoms. The monoisotopic (exact) mass is 243 g/mol. The number of phenols is 1. The molecule has 0 radical (unpaired) electrons. The Labute approximate surface area is 105 Å². The summed E-state index contributed by atoms with van der Waals surface area (Å²) in [6.07, 6.45) is 5.07. The lowest BCUT2D eigenvalue weighted by atomic mass is 10.1. The minimum Gasteiger partial charge on any atom is -0.508 e. The highest BCUT2D eigenvalue weighted by Crippen LogP contribution is 2.10. The normalized spacial score (nSPS) is 10.0. The van der Waals surface area contributed by atoms with Crippen molar-refractivity contribution < 1.29 is 9.90 Å². The lowest BCUT2D eigenvalue weighted by Gasteiger charge is -2.04. The fourth-order valence-corrected chi connectivity index (χ4v) is 1.54. The minimum absolute atomic E-state index is 0.229. The van der Waals surface area contributed by atoms with Gasteiger partial charge < -0.3 is 10.4 Å². The molecule has 1 aromatic carbocycles. The van der Waals surface area contributed by atoms with Crippen molar-refractivity contribution in [3.63, 3.8) is 0 Å². The molecule has 2 N–H and O–H groups in total. The fraction of sp³-hybridized carbons (Fsp3) is 0.154. The van der Waals surface area contributed by atoms with Crippen molar-refractivity contribution in [2.24, 2.45) is 0 Å². The number of carbonyl (C=O) groups excluding carboxylic acids is 1. The van der Waals surface area contributed by atoms with Crippen molar-refractivity contribution in [2.45, 2.75) is 6.42 Å². The maximum absolute atomic E-state index is 11.6. The Bertz CT molecular complexity index is 529. The fourth-order valence-electron chi connectivity index (χ4n) is 1.54. The number of nitrogens with one attached hydrogen (secondary N) is 1. The van der Waals surface area contributed by atoms with E-state index in [2.05, 4.69) is 15.3 Å². The Morgan fingerprint density at radius 2 is 2.22 bits per heavy atom. The van der Waals surface area contributed by atoms with E-state index in [1.807, 2.05) is 6.07 Å². The van der Waals surface area contributed by atoms with E-state index in [1.54, 1.807) is 18.2 Å². The van der Waals surface area contributed by atoms with Crippen LogP contribution in [0.1, 0.15) is 16.1 Å². The maximum Gasteiger partial charge on any atom is 0.271 e. The van der Waals surface area contributed by atoms with Crippen molar-refractivity contribution >= 4 is 5.91 Å². The van der Waals surface area contributed by atoms with Gasteiger partial charge in [0.15, 0.2) is 0 Å². The first-order chi connectivity index (χ1) is 8.75. The summed E-state index contributed by atoms with van der Waals surface area (Å²) in [6, 6.07) is 6.96. The zero-order valence-electron chi connectivity index (χ0n) is 9.71. The van der Waals surface area contributed by atoms with Gasteiger partial charge in [-0.3, -0.25) is 9.78 Å². The van der Waals surface area contributed by atoms with E-state index in [1.165, 1.54) is 18.6 Å². The molecule has 0 atom stereocenters. The van der Waals surface area contributed by atoms with Gasteiger partial charge in [0, 0.05) is 18.9 Å². The summed E-state index contributed by atoms with van der Waals surface area (Å²) in [4.78, 5) is 19.4. The van der Waals surface area contributed by atoms with Crippen LogP contribution in [0.4, 0.5) is 0 Å². The molecule has 0 bridgehead atoms. The Morgan fingerprint density at radius 3 is 2.94 bits per heavy atom. The Morgan fingerprint density at radius 1 is 1.33 bits per heavy atom. The summed E-state index contributed by atoms with van der Waals surface area (Å²) in [5.41, 5.74) is 1.27. The van der Waals surface area contributed by atoms with Crippen molar-refractivity contribution in [3.05, 3.63) is 54.1 Å². The largest absolute Gasteiger partial charge is 0.508 e. The molecular weight excluding hydrogens is 230 g/mol. The summed E-state index contributed by atoms with van der Waals surface area (Å²) in [5.74, 6) is -0.0176. The number of hydrogen-bond acceptors (Lipinski definition) is 4. The third-order valence-corrected chi connectivity index (χ3v) is 2.41. The molecule has 92 valence electrons. The van der Waals surface area contributed by atoms with Crippen LogP contribution >= 0.6 is 0 Å². The topological polar surface area (TPSA) is 75.1 Å². The first-order valence-corrected chi connectivity index (χ1v) is 5.58. The molecule has 2 aromatic rings. The van der Waals surface area contributed by atoms with Crippen LogP contribution in [0.25, 0.3) is 0 Å². The van der Waals surface area contributed by atoms with Crippen LogP contribution in [0.5, 0.6) is 5.75 Å². The van der Waals surface area contributed by atoms with E-state index < -0.39 is 0 Å². The minimum atomic E-state index is -0.247. The van der Waals surface area contributed by atoms with Crippen molar-refractivity contribution in [1.82, 2.24) is 15.3 Å². The molecule has 1 heterocycles. The van der Waals surface area contributed by atoms with Crippen LogP contribution in [0.3, 0.4) is 0 Å². The molecule has 1 amide bonds. The quantitative estimate of drug-likeness (QED) is 0.844. The summed E-state index contributed by atoms with van der Waals surface area (Å²) < 4.78 is 0. The number of hydrogen-bond donors (Lipinski definition) is 2. The van der Waals surface area contributed by atoms with Crippen LogP contribution in [0, 0.1) is 0 Å². The van der Waals surface area contributed by atoms with Crippen LogP contribution < -0.4 is 5.32 Å². The first-order valence-electron chi connectivity index (χ1n) is 5.58. The summed E-state index contributed by atoms with van der Waals surface area (Å²) in [7, 11) is 0. The van der Waals surface area contributed by atoms with Crippen LogP contribution in [-0.4, -0.2) is 27.5 Å². The van der Waals surface area contributed by atoms with Gasteiger partial charge >= 0.3 is 0 Å². The molecule has 1 aromatic heterocycles. The SMILES string of the molecule is O=C(NCCc1cccc(O)c1)c1cnccn1. The maximum atomic E-state index is 11.6. The highest BCUT2D eigenvalue weighted by molar-refractivity contribution is 5.91. The molecule has 18 heavy (non-hydrogen) atoms. The zero-order chi connectivity index (χ0) is 12.8. The molecule has 0 saturated heterocycles. The van der Waals surface area contributed by atoms with E-state index in [4.69, 9.17) is 0 Å². The molecule has 0 aliphatic carbocycles. The average molecular weight is 243 g/mol. The third kappa shape index (κ3) is 3.28. The molecule has 0 fully saturated rings. The second-order valence-corrected chi connectivity index (χ2v) is 3.77. The predicted octanol–water partition coefficient (Wildman–Crippen LogP) is 1.15. The van der Waals surface area contributed by atoms with Gasteiger partial charge in [-0.25, -0.2) is 4.98 Å². The Hall–Kier alpha value is -2.43. The summed E-state index contributed by atoms with van der Waals surface area (Å²) in [6.45, 7) is 0.485. The highest BCUT2D eigenvalue weighted by atomic mass is 16.3. The number of aromatic nitrogens is 2. The smallest absolute Gasteiger partial charge is 0.271 e. The predicted molar refractivity (Wildman–Crippen MR) is 66.2 cm³/mol. The van der Waals surface area contributed by atoms with Gasteiger partial charge in [-0.05, 0) is 24.1 Å². The zero-order valence-corrected chi connectivity index (χ0v) is 9.71. The lowest BCUT2D eigenvalue weighted by molar-refractivity contribution is 0.0949. The number of phenolic OH excluding ortho intramolecular Hbond substituents is 1. The summed E-state index contributed by atoms with van der Waals surface area (Å²) >= 11 is 0. The first kappa shape index (κ1) is 12.0. The van der Waals surface area contributed by atoms with Gasteiger partial charge in [-0.15, -0.1) is 0 Å². The molecule has 0 aliphatic heterocycles. The van der Waals surface area contributed by atoms with Crippen molar-refractivity contribution in [1.29, 1.82) is 0 Å². The summed E-state index contributed by atoms with van der Waals surface area (Å²) in [5, 5.41) is 12.0. The van der Waals surface area contributed by atoms with Crippen LogP contribution in [0.2, 0.25) is 0 Å². The number of benzene rings is 1. The van der Waals surface area contributed by atoms with E-state index in [9.17, 15) is 9.90 Å². The van der Waals surface area contributed by atoms with Crippen molar-refractivity contribution in [2.75, 3.05) is 6.54 Å².